The van der Waals surface area contributed by atoms with E-state index in [1.165, 1.54) is 58.0 Å². The van der Waals surface area contributed by atoms with Crippen molar-refractivity contribution in [2.45, 2.75) is 50.5 Å². The van der Waals surface area contributed by atoms with Crippen molar-refractivity contribution in [2.75, 3.05) is 33.4 Å². The zero-order chi connectivity index (χ0) is 12.1. The molecular weight excluding hydrogens is 212 g/mol. The fraction of sp³-hybridized carbons (Fsp3) is 1.00. The molecule has 0 aromatic carbocycles. The number of likely N-dealkylation sites (tertiary alicyclic amines) is 1. The summed E-state index contributed by atoms with van der Waals surface area (Å²) in [5.74, 6) is 0.773. The molecule has 1 saturated carbocycles. The molecule has 0 aromatic heterocycles. The summed E-state index contributed by atoms with van der Waals surface area (Å²) in [6.45, 7) is 4.24. The van der Waals surface area contributed by atoms with E-state index in [1.54, 1.807) is 0 Å². The van der Waals surface area contributed by atoms with Crippen molar-refractivity contribution in [3.05, 3.63) is 0 Å². The molecule has 1 saturated heterocycles. The lowest BCUT2D eigenvalue weighted by atomic mass is 9.78. The number of hydrogen-bond acceptors (Lipinski definition) is 3. The smallest absolute Gasteiger partial charge is 0.0491 e. The van der Waals surface area contributed by atoms with Crippen molar-refractivity contribution < 1.29 is 4.74 Å². The molecule has 17 heavy (non-hydrogen) atoms. The number of hydrogen-bond donors (Lipinski definition) is 1. The van der Waals surface area contributed by atoms with Crippen molar-refractivity contribution in [1.29, 1.82) is 0 Å². The number of nitrogens with two attached hydrogens (primary N) is 1. The Bertz CT molecular complexity index is 218. The van der Waals surface area contributed by atoms with E-state index >= 15 is 0 Å². The Morgan fingerprint density at radius 3 is 2.35 bits per heavy atom. The molecule has 0 radical (unpaired) electrons. The summed E-state index contributed by atoms with van der Waals surface area (Å²) in [5, 5.41) is 0. The van der Waals surface area contributed by atoms with Gasteiger partial charge in [0.1, 0.15) is 0 Å². The van der Waals surface area contributed by atoms with Gasteiger partial charge in [0.2, 0.25) is 0 Å². The zero-order valence-corrected chi connectivity index (χ0v) is 11.3. The van der Waals surface area contributed by atoms with Crippen molar-refractivity contribution in [2.24, 2.45) is 11.7 Å². The first kappa shape index (κ1) is 13.3. The molecule has 1 aliphatic carbocycles. The first-order valence-corrected chi connectivity index (χ1v) is 7.25. The van der Waals surface area contributed by atoms with Gasteiger partial charge < -0.3 is 10.5 Å². The quantitative estimate of drug-likeness (QED) is 0.817. The predicted octanol–water partition coefficient (Wildman–Crippen LogP) is 2.01. The van der Waals surface area contributed by atoms with Gasteiger partial charge in [0, 0.05) is 25.8 Å². The van der Waals surface area contributed by atoms with E-state index in [9.17, 15) is 0 Å². The highest BCUT2D eigenvalue weighted by Crippen LogP contribution is 2.35. The predicted molar refractivity (Wildman–Crippen MR) is 71.0 cm³/mol. The second-order valence-electron chi connectivity index (χ2n) is 5.87. The van der Waals surface area contributed by atoms with Crippen LogP contribution in [-0.4, -0.2) is 43.8 Å². The van der Waals surface area contributed by atoms with Crippen LogP contribution in [0.1, 0.15) is 44.9 Å². The molecule has 0 bridgehead atoms. The van der Waals surface area contributed by atoms with Crippen LogP contribution in [0.15, 0.2) is 0 Å². The normalized spacial score (nSPS) is 27.2. The van der Waals surface area contributed by atoms with Gasteiger partial charge in [0.25, 0.3) is 0 Å². The fourth-order valence-corrected chi connectivity index (χ4v) is 3.67. The average Bonchev–Trinajstić information content (AvgIpc) is 2.41. The zero-order valence-electron chi connectivity index (χ0n) is 11.3. The van der Waals surface area contributed by atoms with Crippen LogP contribution in [0.2, 0.25) is 0 Å². The standard InChI is InChI=1S/C14H28N2O/c1-17-11-13-5-9-16(10-6-13)14(12-15)7-3-2-4-8-14/h13H,2-12,15H2,1H3. The third-order valence-corrected chi connectivity index (χ3v) is 4.85. The van der Waals surface area contributed by atoms with E-state index in [0.29, 0.717) is 5.54 Å². The van der Waals surface area contributed by atoms with Crippen molar-refractivity contribution in [1.82, 2.24) is 4.90 Å². The molecule has 100 valence electrons. The summed E-state index contributed by atoms with van der Waals surface area (Å²) >= 11 is 0. The monoisotopic (exact) mass is 240 g/mol. The summed E-state index contributed by atoms with van der Waals surface area (Å²) < 4.78 is 5.27. The molecule has 1 aliphatic heterocycles. The SMILES string of the molecule is COCC1CCN(C2(CN)CCCCC2)CC1. The molecule has 0 spiro atoms. The number of piperidine rings is 1. The molecule has 2 rings (SSSR count). The van der Waals surface area contributed by atoms with Crippen molar-refractivity contribution in [3.8, 4) is 0 Å². The Labute approximate surface area is 106 Å². The molecule has 2 N–H and O–H groups in total. The average molecular weight is 240 g/mol. The van der Waals surface area contributed by atoms with Crippen LogP contribution in [0.4, 0.5) is 0 Å². The second kappa shape index (κ2) is 6.17. The maximum atomic E-state index is 6.10. The van der Waals surface area contributed by atoms with E-state index < -0.39 is 0 Å². The van der Waals surface area contributed by atoms with E-state index in [1.807, 2.05) is 7.11 Å². The molecule has 0 atom stereocenters. The van der Waals surface area contributed by atoms with Crippen molar-refractivity contribution in [3.63, 3.8) is 0 Å². The highest BCUT2D eigenvalue weighted by Gasteiger charge is 2.38. The van der Waals surface area contributed by atoms with Gasteiger partial charge in [-0.3, -0.25) is 4.90 Å². The van der Waals surface area contributed by atoms with E-state index in [0.717, 1.165) is 19.1 Å². The van der Waals surface area contributed by atoms with Gasteiger partial charge in [-0.25, -0.2) is 0 Å². The molecule has 0 aromatic rings. The number of methoxy groups -OCH3 is 1. The lowest BCUT2D eigenvalue weighted by Crippen LogP contribution is -2.57. The van der Waals surface area contributed by atoms with E-state index in [2.05, 4.69) is 4.90 Å². The Morgan fingerprint density at radius 1 is 1.18 bits per heavy atom. The first-order valence-electron chi connectivity index (χ1n) is 7.25. The van der Waals surface area contributed by atoms with E-state index in [-0.39, 0.29) is 0 Å². The number of ether oxygens (including phenoxy) is 1. The fourth-order valence-electron chi connectivity index (χ4n) is 3.67. The topological polar surface area (TPSA) is 38.5 Å². The molecule has 0 unspecified atom stereocenters. The first-order chi connectivity index (χ1) is 8.30. The maximum Gasteiger partial charge on any atom is 0.0491 e. The number of nitrogens with zero attached hydrogens (tertiary/aromatic N) is 1. The van der Waals surface area contributed by atoms with Crippen LogP contribution in [0.25, 0.3) is 0 Å². The van der Waals surface area contributed by atoms with Gasteiger partial charge in [-0.15, -0.1) is 0 Å². The second-order valence-corrected chi connectivity index (χ2v) is 5.87. The minimum Gasteiger partial charge on any atom is -0.384 e. The highest BCUT2D eigenvalue weighted by atomic mass is 16.5. The van der Waals surface area contributed by atoms with Gasteiger partial charge >= 0.3 is 0 Å². The van der Waals surface area contributed by atoms with E-state index in [4.69, 9.17) is 10.5 Å². The molecule has 0 amide bonds. The van der Waals surface area contributed by atoms with Crippen LogP contribution >= 0.6 is 0 Å². The summed E-state index contributed by atoms with van der Waals surface area (Å²) in [4.78, 5) is 2.69. The third-order valence-electron chi connectivity index (χ3n) is 4.85. The Hall–Kier alpha value is -0.120. The van der Waals surface area contributed by atoms with Crippen LogP contribution in [0, 0.1) is 5.92 Å². The Morgan fingerprint density at radius 2 is 1.82 bits per heavy atom. The molecular formula is C14H28N2O. The van der Waals surface area contributed by atoms with Crippen LogP contribution in [-0.2, 0) is 4.74 Å². The molecule has 2 aliphatic rings. The molecule has 3 heteroatoms. The van der Waals surface area contributed by atoms with Crippen LogP contribution < -0.4 is 5.73 Å². The number of rotatable bonds is 4. The highest BCUT2D eigenvalue weighted by molar-refractivity contribution is 4.95. The van der Waals surface area contributed by atoms with Gasteiger partial charge in [-0.2, -0.15) is 0 Å². The summed E-state index contributed by atoms with van der Waals surface area (Å²) in [7, 11) is 1.81. The van der Waals surface area contributed by atoms with Gasteiger partial charge in [-0.1, -0.05) is 19.3 Å². The summed E-state index contributed by atoms with van der Waals surface area (Å²) in [6.07, 6.45) is 9.36. The Kier molecular flexibility index (Phi) is 4.83. The lowest BCUT2D eigenvalue weighted by Gasteiger charge is -2.48. The van der Waals surface area contributed by atoms with Gasteiger partial charge in [0.05, 0.1) is 0 Å². The lowest BCUT2D eigenvalue weighted by molar-refractivity contribution is 0.0127. The van der Waals surface area contributed by atoms with Gasteiger partial charge in [0.15, 0.2) is 0 Å². The minimum atomic E-state index is 0.344. The largest absolute Gasteiger partial charge is 0.384 e. The maximum absolute atomic E-state index is 6.10. The van der Waals surface area contributed by atoms with Crippen LogP contribution in [0.5, 0.6) is 0 Å². The summed E-state index contributed by atoms with van der Waals surface area (Å²) in [5.41, 5.74) is 6.44. The van der Waals surface area contributed by atoms with Gasteiger partial charge in [-0.05, 0) is 44.7 Å². The molecule has 2 fully saturated rings. The molecule has 3 nitrogen and oxygen atoms in total. The Balaban J connectivity index is 1.89. The third kappa shape index (κ3) is 3.01. The minimum absolute atomic E-state index is 0.344. The van der Waals surface area contributed by atoms with Crippen LogP contribution in [0.3, 0.4) is 0 Å². The van der Waals surface area contributed by atoms with Crippen molar-refractivity contribution >= 4 is 0 Å². The molecule has 1 heterocycles. The summed E-state index contributed by atoms with van der Waals surface area (Å²) in [6, 6.07) is 0.